The molecular formula is C10H16O6. The second-order valence-electron chi connectivity index (χ2n) is 3.53. The van der Waals surface area contributed by atoms with Crippen LogP contribution in [-0.4, -0.2) is 39.6 Å². The van der Waals surface area contributed by atoms with Crippen molar-refractivity contribution in [3.05, 3.63) is 0 Å². The molecule has 0 aromatic heterocycles. The lowest BCUT2D eigenvalue weighted by Gasteiger charge is -2.24. The van der Waals surface area contributed by atoms with E-state index in [-0.39, 0.29) is 6.42 Å². The van der Waals surface area contributed by atoms with E-state index in [1.165, 1.54) is 6.92 Å². The monoisotopic (exact) mass is 232 g/mol. The summed E-state index contributed by atoms with van der Waals surface area (Å²) in [6.07, 6.45) is -1.17. The van der Waals surface area contributed by atoms with Crippen molar-refractivity contribution >= 4 is 17.7 Å². The normalized spacial score (nSPS) is 16.0. The third kappa shape index (κ3) is 3.30. The largest absolute Gasteiger partial charge is 0.479 e. The first-order chi connectivity index (χ1) is 7.25. The van der Waals surface area contributed by atoms with Crippen LogP contribution >= 0.6 is 0 Å². The van der Waals surface area contributed by atoms with Crippen LogP contribution in [0.5, 0.6) is 0 Å². The lowest BCUT2D eigenvalue weighted by atomic mass is 9.90. The van der Waals surface area contributed by atoms with Crippen LogP contribution in [0.1, 0.15) is 33.6 Å². The molecule has 6 nitrogen and oxygen atoms in total. The summed E-state index contributed by atoms with van der Waals surface area (Å²) in [6, 6.07) is 0. The minimum atomic E-state index is -2.48. The minimum absolute atomic E-state index is 0.216. The van der Waals surface area contributed by atoms with E-state index >= 15 is 0 Å². The Bertz CT molecular complexity index is 298. The highest BCUT2D eigenvalue weighted by Crippen LogP contribution is 2.18. The number of carbonyl (C=O) groups is 3. The number of aliphatic carboxylic acids is 1. The maximum absolute atomic E-state index is 11.6. The zero-order valence-electron chi connectivity index (χ0n) is 9.52. The molecule has 0 aliphatic rings. The van der Waals surface area contributed by atoms with Gasteiger partial charge in [-0.1, -0.05) is 13.3 Å². The van der Waals surface area contributed by atoms with E-state index in [9.17, 15) is 19.5 Å². The van der Waals surface area contributed by atoms with Crippen molar-refractivity contribution in [1.82, 2.24) is 0 Å². The van der Waals surface area contributed by atoms with Crippen molar-refractivity contribution in [2.75, 3.05) is 0 Å². The Morgan fingerprint density at radius 2 is 1.88 bits per heavy atom. The van der Waals surface area contributed by atoms with Crippen LogP contribution < -0.4 is 0 Å². The Balaban J connectivity index is 4.88. The first-order valence-corrected chi connectivity index (χ1v) is 4.93. The van der Waals surface area contributed by atoms with Crippen molar-refractivity contribution in [2.24, 2.45) is 0 Å². The molecule has 0 aliphatic carbocycles. The smallest absolute Gasteiger partial charge is 0.343 e. The SMILES string of the molecule is CCCC(O)(C(=O)O)C(=O)C(C)OC(C)=O. The molecule has 0 heterocycles. The number of hydrogen-bond acceptors (Lipinski definition) is 5. The summed E-state index contributed by atoms with van der Waals surface area (Å²) >= 11 is 0. The molecule has 0 amide bonds. The molecule has 0 bridgehead atoms. The van der Waals surface area contributed by atoms with Crippen LogP contribution in [0.25, 0.3) is 0 Å². The van der Waals surface area contributed by atoms with Crippen LogP contribution in [-0.2, 0) is 19.1 Å². The Morgan fingerprint density at radius 1 is 1.38 bits per heavy atom. The number of carbonyl (C=O) groups excluding carboxylic acids is 2. The van der Waals surface area contributed by atoms with E-state index in [1.54, 1.807) is 6.92 Å². The molecule has 16 heavy (non-hydrogen) atoms. The van der Waals surface area contributed by atoms with Gasteiger partial charge in [0.2, 0.25) is 11.4 Å². The van der Waals surface area contributed by atoms with Gasteiger partial charge in [0.05, 0.1) is 0 Å². The molecule has 2 unspecified atom stereocenters. The second-order valence-corrected chi connectivity index (χ2v) is 3.53. The van der Waals surface area contributed by atoms with Crippen LogP contribution in [0, 0.1) is 0 Å². The highest BCUT2D eigenvalue weighted by atomic mass is 16.5. The fourth-order valence-corrected chi connectivity index (χ4v) is 1.34. The first kappa shape index (κ1) is 14.6. The summed E-state index contributed by atoms with van der Waals surface area (Å²) < 4.78 is 4.54. The van der Waals surface area contributed by atoms with Gasteiger partial charge < -0.3 is 14.9 Å². The Kier molecular flexibility index (Phi) is 5.10. The predicted molar refractivity (Wildman–Crippen MR) is 53.7 cm³/mol. The summed E-state index contributed by atoms with van der Waals surface area (Å²) in [4.78, 5) is 33.1. The fraction of sp³-hybridized carbons (Fsp3) is 0.700. The standard InChI is InChI=1S/C10H16O6/c1-4-5-10(15,9(13)14)8(12)6(2)16-7(3)11/h6,15H,4-5H2,1-3H3,(H,13,14). The maximum atomic E-state index is 11.6. The van der Waals surface area contributed by atoms with Gasteiger partial charge in [-0.15, -0.1) is 0 Å². The number of carboxylic acid groups (broad SMARTS) is 1. The molecule has 0 radical (unpaired) electrons. The van der Waals surface area contributed by atoms with E-state index in [2.05, 4.69) is 4.74 Å². The molecule has 0 aromatic carbocycles. The number of hydrogen-bond donors (Lipinski definition) is 2. The molecule has 0 spiro atoms. The molecule has 0 aromatic rings. The van der Waals surface area contributed by atoms with Crippen molar-refractivity contribution < 1.29 is 29.3 Å². The molecule has 0 aliphatic heterocycles. The molecule has 6 heteroatoms. The number of ketones is 1. The summed E-state index contributed by atoms with van der Waals surface area (Å²) in [5, 5.41) is 18.5. The van der Waals surface area contributed by atoms with Crippen LogP contribution in [0.2, 0.25) is 0 Å². The summed E-state index contributed by atoms with van der Waals surface area (Å²) in [5.41, 5.74) is -2.48. The van der Waals surface area contributed by atoms with Gasteiger partial charge in [-0.25, -0.2) is 4.79 Å². The van der Waals surface area contributed by atoms with Gasteiger partial charge in [-0.3, -0.25) is 9.59 Å². The zero-order valence-corrected chi connectivity index (χ0v) is 9.52. The molecule has 0 rings (SSSR count). The van der Waals surface area contributed by atoms with Gasteiger partial charge in [-0.2, -0.15) is 0 Å². The predicted octanol–water partition coefficient (Wildman–Crippen LogP) is 0.123. The Labute approximate surface area is 93.2 Å². The number of rotatable bonds is 6. The second kappa shape index (κ2) is 5.60. The van der Waals surface area contributed by atoms with E-state index in [0.29, 0.717) is 6.42 Å². The number of ether oxygens (including phenoxy) is 1. The van der Waals surface area contributed by atoms with Crippen molar-refractivity contribution in [1.29, 1.82) is 0 Å². The molecule has 0 saturated carbocycles. The maximum Gasteiger partial charge on any atom is 0.343 e. The van der Waals surface area contributed by atoms with Crippen LogP contribution in [0.4, 0.5) is 0 Å². The fourth-order valence-electron chi connectivity index (χ4n) is 1.34. The van der Waals surface area contributed by atoms with Crippen LogP contribution in [0.3, 0.4) is 0 Å². The van der Waals surface area contributed by atoms with E-state index in [0.717, 1.165) is 6.92 Å². The number of aliphatic hydroxyl groups is 1. The molecule has 0 fully saturated rings. The summed E-state index contributed by atoms with van der Waals surface area (Å²) in [6.45, 7) is 3.97. The molecule has 92 valence electrons. The third-order valence-corrected chi connectivity index (χ3v) is 2.09. The average molecular weight is 232 g/mol. The topological polar surface area (TPSA) is 101 Å². The first-order valence-electron chi connectivity index (χ1n) is 4.93. The highest BCUT2D eigenvalue weighted by molar-refractivity contribution is 6.08. The van der Waals surface area contributed by atoms with Gasteiger partial charge in [-0.05, 0) is 13.3 Å². The molecule has 2 atom stereocenters. The lowest BCUT2D eigenvalue weighted by molar-refractivity contribution is -0.174. The quantitative estimate of drug-likeness (QED) is 0.498. The summed E-state index contributed by atoms with van der Waals surface area (Å²) in [5.74, 6) is -3.35. The molecule has 2 N–H and O–H groups in total. The van der Waals surface area contributed by atoms with E-state index in [1.807, 2.05) is 0 Å². The van der Waals surface area contributed by atoms with Gasteiger partial charge >= 0.3 is 11.9 Å². The minimum Gasteiger partial charge on any atom is -0.479 e. The average Bonchev–Trinajstić information content (AvgIpc) is 2.15. The summed E-state index contributed by atoms with van der Waals surface area (Å²) in [7, 11) is 0. The van der Waals surface area contributed by atoms with Crippen molar-refractivity contribution in [2.45, 2.75) is 45.3 Å². The van der Waals surface area contributed by atoms with E-state index < -0.39 is 29.4 Å². The van der Waals surface area contributed by atoms with Gasteiger partial charge in [0.1, 0.15) is 0 Å². The molecular weight excluding hydrogens is 216 g/mol. The highest BCUT2D eigenvalue weighted by Gasteiger charge is 2.46. The number of esters is 1. The molecule has 0 saturated heterocycles. The Morgan fingerprint density at radius 3 is 2.19 bits per heavy atom. The number of carboxylic acids is 1. The van der Waals surface area contributed by atoms with E-state index in [4.69, 9.17) is 5.11 Å². The van der Waals surface area contributed by atoms with Gasteiger partial charge in [0.25, 0.3) is 0 Å². The van der Waals surface area contributed by atoms with Crippen molar-refractivity contribution in [3.8, 4) is 0 Å². The lowest BCUT2D eigenvalue weighted by Crippen LogP contribution is -2.51. The zero-order chi connectivity index (χ0) is 12.9. The number of Topliss-reactive ketones (excluding diaryl/α,β-unsaturated/α-hetero) is 1. The van der Waals surface area contributed by atoms with Crippen molar-refractivity contribution in [3.63, 3.8) is 0 Å². The van der Waals surface area contributed by atoms with Crippen LogP contribution in [0.15, 0.2) is 0 Å². The Hall–Kier alpha value is -1.43. The van der Waals surface area contributed by atoms with Gasteiger partial charge in [0, 0.05) is 6.92 Å². The third-order valence-electron chi connectivity index (χ3n) is 2.09. The van der Waals surface area contributed by atoms with Gasteiger partial charge in [0.15, 0.2) is 6.10 Å².